The molecule has 0 aliphatic carbocycles. The summed E-state index contributed by atoms with van der Waals surface area (Å²) in [6.45, 7) is 1.72. The number of imidazole rings is 1. The first kappa shape index (κ1) is 15.7. The molecule has 25 heavy (non-hydrogen) atoms. The number of aromatic nitrogens is 2. The second-order valence-corrected chi connectivity index (χ2v) is 6.35. The molecule has 0 bridgehead atoms. The molecular weight excluding hydrogens is 316 g/mol. The van der Waals surface area contributed by atoms with Crippen LogP contribution in [0, 0.1) is 0 Å². The second kappa shape index (κ2) is 6.57. The normalized spacial score (nSPS) is 15.5. The van der Waals surface area contributed by atoms with Crippen LogP contribution in [0.5, 0.6) is 0 Å². The van der Waals surface area contributed by atoms with Gasteiger partial charge in [0.15, 0.2) is 0 Å². The lowest BCUT2D eigenvalue weighted by atomic mass is 10.1. The molecule has 1 aromatic heterocycles. The van der Waals surface area contributed by atoms with Crippen LogP contribution in [0.3, 0.4) is 0 Å². The highest BCUT2D eigenvalue weighted by Gasteiger charge is 2.17. The maximum absolute atomic E-state index is 12.4. The van der Waals surface area contributed by atoms with E-state index in [4.69, 9.17) is 0 Å². The SMILES string of the molecule is O=C(Nc1ccc(N2CCC(O)CC2)cc1)c1ccc2nc[nH]c2c1. The fourth-order valence-corrected chi connectivity index (χ4v) is 3.16. The van der Waals surface area contributed by atoms with Crippen LogP contribution in [-0.4, -0.2) is 40.2 Å². The fourth-order valence-electron chi connectivity index (χ4n) is 3.16. The van der Waals surface area contributed by atoms with Crippen LogP contribution in [0.25, 0.3) is 11.0 Å². The molecule has 6 heteroatoms. The summed E-state index contributed by atoms with van der Waals surface area (Å²) in [5, 5.41) is 12.5. The molecule has 2 heterocycles. The molecule has 1 aliphatic rings. The number of nitrogens with one attached hydrogen (secondary N) is 2. The summed E-state index contributed by atoms with van der Waals surface area (Å²) in [5.41, 5.74) is 4.15. The van der Waals surface area contributed by atoms with Gasteiger partial charge in [0.05, 0.1) is 23.5 Å². The van der Waals surface area contributed by atoms with Gasteiger partial charge in [-0.15, -0.1) is 0 Å². The maximum atomic E-state index is 12.4. The van der Waals surface area contributed by atoms with E-state index in [1.165, 1.54) is 0 Å². The molecule has 1 fully saturated rings. The average molecular weight is 336 g/mol. The fraction of sp³-hybridized carbons (Fsp3) is 0.263. The van der Waals surface area contributed by atoms with Crippen molar-refractivity contribution in [1.29, 1.82) is 0 Å². The van der Waals surface area contributed by atoms with Gasteiger partial charge in [-0.2, -0.15) is 0 Å². The standard InChI is InChI=1S/C19H20N4O2/c24-16-7-9-23(10-8-16)15-4-2-14(3-5-15)22-19(25)13-1-6-17-18(11-13)21-12-20-17/h1-6,11-12,16,24H,7-10H2,(H,20,21)(H,22,25). The number of hydrogen-bond acceptors (Lipinski definition) is 4. The topological polar surface area (TPSA) is 81.2 Å². The monoisotopic (exact) mass is 336 g/mol. The number of aliphatic hydroxyl groups excluding tert-OH is 1. The number of fused-ring (bicyclic) bond motifs is 1. The molecule has 0 saturated carbocycles. The molecule has 0 spiro atoms. The first-order valence-corrected chi connectivity index (χ1v) is 8.46. The quantitative estimate of drug-likeness (QED) is 0.687. The minimum Gasteiger partial charge on any atom is -0.393 e. The second-order valence-electron chi connectivity index (χ2n) is 6.35. The van der Waals surface area contributed by atoms with Gasteiger partial charge in [-0.3, -0.25) is 4.79 Å². The number of carbonyl (C=O) groups excluding carboxylic acids is 1. The lowest BCUT2D eigenvalue weighted by Gasteiger charge is -2.31. The molecule has 4 rings (SSSR count). The summed E-state index contributed by atoms with van der Waals surface area (Å²) in [6.07, 6.45) is 3.04. The number of H-pyrrole nitrogens is 1. The van der Waals surface area contributed by atoms with Gasteiger partial charge >= 0.3 is 0 Å². The van der Waals surface area contributed by atoms with Crippen LogP contribution in [0.4, 0.5) is 11.4 Å². The van der Waals surface area contributed by atoms with E-state index in [0.717, 1.165) is 48.3 Å². The van der Waals surface area contributed by atoms with Crippen molar-refractivity contribution in [3.8, 4) is 0 Å². The molecule has 3 aromatic rings. The average Bonchev–Trinajstić information content (AvgIpc) is 3.11. The van der Waals surface area contributed by atoms with E-state index < -0.39 is 0 Å². The third-order valence-electron chi connectivity index (χ3n) is 4.64. The highest BCUT2D eigenvalue weighted by molar-refractivity contribution is 6.05. The zero-order valence-electron chi connectivity index (χ0n) is 13.8. The van der Waals surface area contributed by atoms with Gasteiger partial charge in [-0.25, -0.2) is 4.98 Å². The molecule has 3 N–H and O–H groups in total. The van der Waals surface area contributed by atoms with Crippen molar-refractivity contribution in [1.82, 2.24) is 9.97 Å². The number of benzene rings is 2. The smallest absolute Gasteiger partial charge is 0.255 e. The summed E-state index contributed by atoms with van der Waals surface area (Å²) < 4.78 is 0. The van der Waals surface area contributed by atoms with Gasteiger partial charge in [-0.05, 0) is 55.3 Å². The Balaban J connectivity index is 1.44. The Morgan fingerprint density at radius 3 is 2.68 bits per heavy atom. The van der Waals surface area contributed by atoms with Crippen molar-refractivity contribution >= 4 is 28.3 Å². The molecule has 0 radical (unpaired) electrons. The summed E-state index contributed by atoms with van der Waals surface area (Å²) in [7, 11) is 0. The first-order chi connectivity index (χ1) is 12.2. The number of anilines is 2. The van der Waals surface area contributed by atoms with E-state index in [0.29, 0.717) is 5.56 Å². The van der Waals surface area contributed by atoms with Crippen LogP contribution in [-0.2, 0) is 0 Å². The predicted molar refractivity (Wildman–Crippen MR) is 97.9 cm³/mol. The van der Waals surface area contributed by atoms with Crippen molar-refractivity contribution in [2.24, 2.45) is 0 Å². The van der Waals surface area contributed by atoms with E-state index in [9.17, 15) is 9.90 Å². The van der Waals surface area contributed by atoms with E-state index in [2.05, 4.69) is 20.2 Å². The van der Waals surface area contributed by atoms with Crippen LogP contribution < -0.4 is 10.2 Å². The number of piperidine rings is 1. The lowest BCUT2D eigenvalue weighted by Crippen LogP contribution is -2.35. The molecule has 1 amide bonds. The Hall–Kier alpha value is -2.86. The van der Waals surface area contributed by atoms with E-state index in [1.54, 1.807) is 18.5 Å². The van der Waals surface area contributed by atoms with Gasteiger partial charge < -0.3 is 20.3 Å². The van der Waals surface area contributed by atoms with Gasteiger partial charge in [-0.1, -0.05) is 0 Å². The number of carbonyl (C=O) groups is 1. The number of aromatic amines is 1. The third-order valence-corrected chi connectivity index (χ3v) is 4.64. The molecule has 0 unspecified atom stereocenters. The van der Waals surface area contributed by atoms with Gasteiger partial charge in [0.25, 0.3) is 5.91 Å². The van der Waals surface area contributed by atoms with Gasteiger partial charge in [0.2, 0.25) is 0 Å². The molecule has 1 aliphatic heterocycles. The van der Waals surface area contributed by atoms with Crippen LogP contribution in [0.15, 0.2) is 48.8 Å². The Labute approximate surface area is 145 Å². The zero-order chi connectivity index (χ0) is 17.2. The van der Waals surface area contributed by atoms with Gasteiger partial charge in [0, 0.05) is 30.0 Å². The first-order valence-electron chi connectivity index (χ1n) is 8.46. The van der Waals surface area contributed by atoms with Crippen molar-refractivity contribution < 1.29 is 9.90 Å². The van der Waals surface area contributed by atoms with E-state index >= 15 is 0 Å². The van der Waals surface area contributed by atoms with Crippen molar-refractivity contribution in [2.75, 3.05) is 23.3 Å². The number of hydrogen-bond donors (Lipinski definition) is 3. The van der Waals surface area contributed by atoms with Crippen LogP contribution in [0.1, 0.15) is 23.2 Å². The Morgan fingerprint density at radius 2 is 1.92 bits per heavy atom. The van der Waals surface area contributed by atoms with Crippen LogP contribution >= 0.6 is 0 Å². The van der Waals surface area contributed by atoms with Crippen molar-refractivity contribution in [3.05, 3.63) is 54.4 Å². The maximum Gasteiger partial charge on any atom is 0.255 e. The summed E-state index contributed by atoms with van der Waals surface area (Å²) >= 11 is 0. The minimum atomic E-state index is -0.179. The summed E-state index contributed by atoms with van der Waals surface area (Å²) in [5.74, 6) is -0.148. The number of aliphatic hydroxyl groups is 1. The Kier molecular flexibility index (Phi) is 4.11. The lowest BCUT2D eigenvalue weighted by molar-refractivity contribution is 0.102. The predicted octanol–water partition coefficient (Wildman–Crippen LogP) is 2.78. The minimum absolute atomic E-state index is 0.148. The van der Waals surface area contributed by atoms with E-state index in [-0.39, 0.29) is 12.0 Å². The highest BCUT2D eigenvalue weighted by Crippen LogP contribution is 2.22. The number of rotatable bonds is 3. The molecular formula is C19H20N4O2. The summed E-state index contributed by atoms with van der Waals surface area (Å²) in [6, 6.07) is 13.2. The largest absolute Gasteiger partial charge is 0.393 e. The Bertz CT molecular complexity index is 880. The molecule has 6 nitrogen and oxygen atoms in total. The number of nitrogens with zero attached hydrogens (tertiary/aromatic N) is 2. The molecule has 2 aromatic carbocycles. The van der Waals surface area contributed by atoms with Crippen molar-refractivity contribution in [3.63, 3.8) is 0 Å². The third kappa shape index (κ3) is 3.34. The molecule has 1 saturated heterocycles. The summed E-state index contributed by atoms with van der Waals surface area (Å²) in [4.78, 5) is 21.8. The molecule has 128 valence electrons. The van der Waals surface area contributed by atoms with Gasteiger partial charge in [0.1, 0.15) is 0 Å². The van der Waals surface area contributed by atoms with Crippen molar-refractivity contribution in [2.45, 2.75) is 18.9 Å². The Morgan fingerprint density at radius 1 is 1.16 bits per heavy atom. The highest BCUT2D eigenvalue weighted by atomic mass is 16.3. The van der Waals surface area contributed by atoms with Crippen LogP contribution in [0.2, 0.25) is 0 Å². The van der Waals surface area contributed by atoms with E-state index in [1.807, 2.05) is 30.3 Å². The zero-order valence-corrected chi connectivity index (χ0v) is 13.8. The number of amides is 1. The molecule has 0 atom stereocenters.